The van der Waals surface area contributed by atoms with Crippen molar-refractivity contribution in [1.29, 1.82) is 0 Å². The number of benzene rings is 3. The quantitative estimate of drug-likeness (QED) is 0.348. The minimum Gasteiger partial charge on any atom is -0.478 e. The molecular weight excluding hydrogens is 374 g/mol. The van der Waals surface area contributed by atoms with Crippen LogP contribution in [0.25, 0.3) is 22.7 Å². The first-order valence-corrected chi connectivity index (χ1v) is 9.73. The Kier molecular flexibility index (Phi) is 5.31. The van der Waals surface area contributed by atoms with Gasteiger partial charge in [0, 0.05) is 34.8 Å². The minimum atomic E-state index is -1.01. The lowest BCUT2D eigenvalue weighted by Crippen LogP contribution is -2.06. The van der Waals surface area contributed by atoms with Crippen molar-refractivity contribution in [3.8, 4) is 5.69 Å². The van der Waals surface area contributed by atoms with E-state index in [-0.39, 0.29) is 5.78 Å². The van der Waals surface area contributed by atoms with Crippen molar-refractivity contribution in [3.05, 3.63) is 107 Å². The van der Waals surface area contributed by atoms with Crippen LogP contribution in [0.15, 0.2) is 84.9 Å². The number of carboxylic acid groups (broad SMARTS) is 1. The predicted octanol–water partition coefficient (Wildman–Crippen LogP) is 5.46. The first-order valence-electron chi connectivity index (χ1n) is 9.73. The van der Waals surface area contributed by atoms with Crippen LogP contribution in [0.5, 0.6) is 0 Å². The van der Waals surface area contributed by atoms with E-state index in [0.29, 0.717) is 12.0 Å². The third-order valence-corrected chi connectivity index (χ3v) is 5.15. The van der Waals surface area contributed by atoms with E-state index < -0.39 is 5.97 Å². The van der Waals surface area contributed by atoms with Gasteiger partial charge in [-0.15, -0.1) is 0 Å². The SMILES string of the molecule is Cc1c(C(=O)Cc2ccccc2)c2cc(C=CC(=O)O)ccc2n1-c1ccccc1. The largest absolute Gasteiger partial charge is 0.478 e. The summed E-state index contributed by atoms with van der Waals surface area (Å²) in [7, 11) is 0. The van der Waals surface area contributed by atoms with Gasteiger partial charge in [-0.3, -0.25) is 4.79 Å². The number of hydrogen-bond donors (Lipinski definition) is 1. The molecule has 0 atom stereocenters. The van der Waals surface area contributed by atoms with Gasteiger partial charge in [0.1, 0.15) is 0 Å². The Morgan fingerprint density at radius 2 is 1.60 bits per heavy atom. The summed E-state index contributed by atoms with van der Waals surface area (Å²) < 4.78 is 2.08. The molecule has 0 radical (unpaired) electrons. The Hall–Kier alpha value is -3.92. The van der Waals surface area contributed by atoms with Gasteiger partial charge in [0.2, 0.25) is 0 Å². The average Bonchev–Trinajstić information content (AvgIpc) is 3.04. The number of nitrogens with zero attached hydrogens (tertiary/aromatic N) is 1. The molecule has 1 N–H and O–H groups in total. The van der Waals surface area contributed by atoms with Gasteiger partial charge in [0.15, 0.2) is 5.78 Å². The molecule has 0 amide bonds. The lowest BCUT2D eigenvalue weighted by molar-refractivity contribution is -0.131. The number of fused-ring (bicyclic) bond motifs is 1. The predicted molar refractivity (Wildman–Crippen MR) is 119 cm³/mol. The van der Waals surface area contributed by atoms with Gasteiger partial charge in [0.25, 0.3) is 0 Å². The Labute approximate surface area is 174 Å². The molecule has 0 saturated carbocycles. The van der Waals surface area contributed by atoms with Gasteiger partial charge < -0.3 is 9.67 Å². The highest BCUT2D eigenvalue weighted by Crippen LogP contribution is 2.31. The highest BCUT2D eigenvalue weighted by atomic mass is 16.4. The number of carbonyl (C=O) groups excluding carboxylic acids is 1. The van der Waals surface area contributed by atoms with E-state index in [0.717, 1.165) is 39.5 Å². The molecule has 4 aromatic rings. The molecule has 30 heavy (non-hydrogen) atoms. The molecule has 4 nitrogen and oxygen atoms in total. The number of aromatic nitrogens is 1. The van der Waals surface area contributed by atoms with E-state index in [1.54, 1.807) is 6.08 Å². The second-order valence-corrected chi connectivity index (χ2v) is 7.17. The average molecular weight is 395 g/mol. The molecule has 3 aromatic carbocycles. The fraction of sp³-hybridized carbons (Fsp3) is 0.0769. The fourth-order valence-corrected chi connectivity index (χ4v) is 3.84. The monoisotopic (exact) mass is 395 g/mol. The van der Waals surface area contributed by atoms with Gasteiger partial charge >= 0.3 is 5.97 Å². The topological polar surface area (TPSA) is 59.3 Å². The zero-order valence-corrected chi connectivity index (χ0v) is 16.6. The van der Waals surface area contributed by atoms with Crippen LogP contribution in [-0.2, 0) is 11.2 Å². The number of rotatable bonds is 6. The van der Waals surface area contributed by atoms with Gasteiger partial charge in [0.05, 0.1) is 5.52 Å². The molecule has 0 spiro atoms. The van der Waals surface area contributed by atoms with E-state index in [2.05, 4.69) is 4.57 Å². The second-order valence-electron chi connectivity index (χ2n) is 7.17. The van der Waals surface area contributed by atoms with E-state index in [9.17, 15) is 9.59 Å². The standard InChI is InChI=1S/C26H21NO3/c1-18-26(24(28)17-19-8-4-2-5-9-19)22-16-20(13-15-25(29)30)12-14-23(22)27(18)21-10-6-3-7-11-21/h2-16H,17H2,1H3,(H,29,30). The summed E-state index contributed by atoms with van der Waals surface area (Å²) in [5.41, 5.74) is 5.14. The highest BCUT2D eigenvalue weighted by Gasteiger charge is 2.21. The van der Waals surface area contributed by atoms with Gasteiger partial charge in [-0.2, -0.15) is 0 Å². The molecule has 0 saturated heterocycles. The first-order chi connectivity index (χ1) is 14.5. The van der Waals surface area contributed by atoms with Crippen LogP contribution in [0.4, 0.5) is 0 Å². The van der Waals surface area contributed by atoms with Crippen LogP contribution in [-0.4, -0.2) is 21.4 Å². The van der Waals surface area contributed by atoms with Crippen molar-refractivity contribution in [2.24, 2.45) is 0 Å². The van der Waals surface area contributed by atoms with Crippen molar-refractivity contribution in [2.75, 3.05) is 0 Å². The smallest absolute Gasteiger partial charge is 0.328 e. The maximum absolute atomic E-state index is 13.3. The van der Waals surface area contributed by atoms with Crippen LogP contribution in [0.3, 0.4) is 0 Å². The Balaban J connectivity index is 1.90. The molecule has 0 unspecified atom stereocenters. The molecule has 0 aliphatic rings. The lowest BCUT2D eigenvalue weighted by atomic mass is 9.99. The van der Waals surface area contributed by atoms with Gasteiger partial charge in [-0.1, -0.05) is 54.6 Å². The second kappa shape index (κ2) is 8.21. The number of hydrogen-bond acceptors (Lipinski definition) is 2. The van der Waals surface area contributed by atoms with E-state index in [4.69, 9.17) is 5.11 Å². The highest BCUT2D eigenvalue weighted by molar-refractivity contribution is 6.11. The van der Waals surface area contributed by atoms with Crippen molar-refractivity contribution in [2.45, 2.75) is 13.3 Å². The van der Waals surface area contributed by atoms with Crippen LogP contribution < -0.4 is 0 Å². The number of carbonyl (C=O) groups is 2. The van der Waals surface area contributed by atoms with Crippen molar-refractivity contribution in [3.63, 3.8) is 0 Å². The van der Waals surface area contributed by atoms with Crippen LogP contribution in [0, 0.1) is 6.92 Å². The molecule has 0 fully saturated rings. The molecule has 4 heteroatoms. The van der Waals surface area contributed by atoms with Gasteiger partial charge in [-0.05, 0) is 48.4 Å². The molecule has 1 heterocycles. The molecule has 4 rings (SSSR count). The molecule has 0 aliphatic carbocycles. The normalized spacial score (nSPS) is 11.2. The number of carboxylic acids is 1. The molecule has 1 aromatic heterocycles. The number of aliphatic carboxylic acids is 1. The lowest BCUT2D eigenvalue weighted by Gasteiger charge is -2.08. The molecule has 0 bridgehead atoms. The van der Waals surface area contributed by atoms with E-state index in [1.807, 2.05) is 85.8 Å². The zero-order valence-electron chi connectivity index (χ0n) is 16.6. The third-order valence-electron chi connectivity index (χ3n) is 5.15. The molecular formula is C26H21NO3. The Bertz CT molecular complexity index is 1250. The maximum Gasteiger partial charge on any atom is 0.328 e. The summed E-state index contributed by atoms with van der Waals surface area (Å²) in [6.07, 6.45) is 2.96. The van der Waals surface area contributed by atoms with Crippen molar-refractivity contribution in [1.82, 2.24) is 4.57 Å². The summed E-state index contributed by atoms with van der Waals surface area (Å²) >= 11 is 0. The summed E-state index contributed by atoms with van der Waals surface area (Å²) in [5, 5.41) is 9.77. The summed E-state index contributed by atoms with van der Waals surface area (Å²) in [4.78, 5) is 24.3. The van der Waals surface area contributed by atoms with Crippen LogP contribution >= 0.6 is 0 Å². The number of Topliss-reactive ketones (excluding diaryl/α,β-unsaturated/α-hetero) is 1. The third kappa shape index (κ3) is 3.80. The molecule has 148 valence electrons. The van der Waals surface area contributed by atoms with E-state index in [1.165, 1.54) is 0 Å². The maximum atomic E-state index is 13.3. The minimum absolute atomic E-state index is 0.0396. The fourth-order valence-electron chi connectivity index (χ4n) is 3.84. The van der Waals surface area contributed by atoms with Crippen molar-refractivity contribution >= 4 is 28.7 Å². The van der Waals surface area contributed by atoms with Crippen LogP contribution in [0.1, 0.15) is 27.2 Å². The van der Waals surface area contributed by atoms with Crippen LogP contribution in [0.2, 0.25) is 0 Å². The summed E-state index contributed by atoms with van der Waals surface area (Å²) in [6.45, 7) is 1.96. The summed E-state index contributed by atoms with van der Waals surface area (Å²) in [5.74, 6) is -0.966. The van der Waals surface area contributed by atoms with Gasteiger partial charge in [-0.25, -0.2) is 4.79 Å². The first kappa shape index (κ1) is 19.4. The summed E-state index contributed by atoms with van der Waals surface area (Å²) in [6, 6.07) is 25.3. The van der Waals surface area contributed by atoms with Crippen molar-refractivity contribution < 1.29 is 14.7 Å². The Morgan fingerprint density at radius 1 is 0.933 bits per heavy atom. The Morgan fingerprint density at radius 3 is 2.27 bits per heavy atom. The van der Waals surface area contributed by atoms with E-state index >= 15 is 0 Å². The zero-order chi connectivity index (χ0) is 21.1. The number of ketones is 1. The number of para-hydroxylation sites is 1. The molecule has 0 aliphatic heterocycles.